The van der Waals surface area contributed by atoms with Gasteiger partial charge in [0.2, 0.25) is 5.91 Å². The number of morpholine rings is 1. The van der Waals surface area contributed by atoms with Crippen LogP contribution in [0.3, 0.4) is 0 Å². The summed E-state index contributed by atoms with van der Waals surface area (Å²) in [6, 6.07) is 6.31. The lowest BCUT2D eigenvalue weighted by Gasteiger charge is -2.52. The minimum Gasteiger partial charge on any atom is -0.507 e. The zero-order valence-corrected chi connectivity index (χ0v) is 30.1. The highest BCUT2D eigenvalue weighted by molar-refractivity contribution is 6.31. The van der Waals surface area contributed by atoms with E-state index in [2.05, 4.69) is 22.1 Å². The van der Waals surface area contributed by atoms with Crippen molar-refractivity contribution >= 4 is 46.1 Å². The maximum atomic E-state index is 14.2. The first kappa shape index (κ1) is 38.0. The summed E-state index contributed by atoms with van der Waals surface area (Å²) in [5.74, 6) is -12.9. The first-order chi connectivity index (χ1) is 25.4. The fourth-order valence-electron chi connectivity index (χ4n) is 8.16. The first-order valence-corrected chi connectivity index (χ1v) is 18.3. The number of aromatic hydroxyl groups is 1. The molecule has 0 radical (unpaired) electrons. The number of hydrogen-bond donors (Lipinski definition) is 4. The van der Waals surface area contributed by atoms with E-state index in [1.165, 1.54) is 12.1 Å². The summed E-state index contributed by atoms with van der Waals surface area (Å²) >= 11 is 0. The number of nitrogens with two attached hydrogens (primary N) is 1. The number of azo groups is 1. The predicted octanol–water partition coefficient (Wildman–Crippen LogP) is 3.47. The number of amides is 1. The number of Topliss-reactive ketones (excluding diaryl/α,β-unsaturated/α-hetero) is 4. The number of carbonyl (C=O) groups excluding carboxylic acids is 5. The highest BCUT2D eigenvalue weighted by Crippen LogP contribution is 2.55. The fraction of sp³-hybridized carbons (Fsp3) is 0.553. The quantitative estimate of drug-likeness (QED) is 0.140. The summed E-state index contributed by atoms with van der Waals surface area (Å²) in [6.45, 7) is 9.09. The smallest absolute Gasteiger partial charge is 0.235 e. The number of unbranched alkanes of at least 4 members (excludes halogenated alkanes) is 2. The van der Waals surface area contributed by atoms with Crippen LogP contribution in [0.4, 0.5) is 17.1 Å². The van der Waals surface area contributed by atoms with Crippen LogP contribution in [0.15, 0.2) is 34.5 Å². The van der Waals surface area contributed by atoms with Gasteiger partial charge in [0, 0.05) is 43.5 Å². The van der Waals surface area contributed by atoms with E-state index >= 15 is 0 Å². The molecule has 15 heteroatoms. The fourth-order valence-corrected chi connectivity index (χ4v) is 8.16. The summed E-state index contributed by atoms with van der Waals surface area (Å²) in [4.78, 5) is 68.5. The van der Waals surface area contributed by atoms with Gasteiger partial charge in [-0.05, 0) is 36.5 Å². The van der Waals surface area contributed by atoms with Gasteiger partial charge in [-0.15, -0.1) is 5.11 Å². The largest absolute Gasteiger partial charge is 0.507 e. The molecule has 0 bridgehead atoms. The Morgan fingerprint density at radius 1 is 0.981 bits per heavy atom. The minimum atomic E-state index is -3.01. The number of primary amides is 1. The van der Waals surface area contributed by atoms with Crippen LogP contribution in [0.2, 0.25) is 0 Å². The van der Waals surface area contributed by atoms with Gasteiger partial charge in [0.15, 0.2) is 34.7 Å². The highest BCUT2D eigenvalue weighted by Gasteiger charge is 2.70. The van der Waals surface area contributed by atoms with Gasteiger partial charge < -0.3 is 40.2 Å². The molecule has 1 saturated heterocycles. The number of rotatable bonds is 12. The van der Waals surface area contributed by atoms with Crippen molar-refractivity contribution < 1.29 is 53.5 Å². The Morgan fingerprint density at radius 3 is 2.26 bits per heavy atom. The molecule has 2 aromatic rings. The SMILES string of the molecule is CCCCOc1cc(N2CCOCC2)c(OCCCC)cc1N=Nc1ccc(O)c2c1C(C)[C@@H]1C(C2=O)C(=O)[C@]2(O)C(=O)C(C(N)=O)C(=O)C[C@@H]2[C@H]1O. The van der Waals surface area contributed by atoms with Crippen LogP contribution in [0.25, 0.3) is 0 Å². The molecular weight excluding hydrogens is 688 g/mol. The molecule has 284 valence electrons. The second-order valence-electron chi connectivity index (χ2n) is 14.2. The highest BCUT2D eigenvalue weighted by atomic mass is 16.5. The Balaban J connectivity index is 1.42. The first-order valence-electron chi connectivity index (χ1n) is 18.3. The zero-order chi connectivity index (χ0) is 38.2. The number of carbonyl (C=O) groups is 5. The number of benzene rings is 2. The average Bonchev–Trinajstić information content (AvgIpc) is 3.13. The Hall–Kier alpha value is -4.73. The number of ketones is 4. The van der Waals surface area contributed by atoms with Gasteiger partial charge >= 0.3 is 0 Å². The number of aliphatic hydroxyl groups excluding tert-OH is 1. The number of anilines is 1. The normalized spacial score (nSPS) is 28.4. The van der Waals surface area contributed by atoms with Crippen molar-refractivity contribution in [3.8, 4) is 17.2 Å². The second kappa shape index (κ2) is 15.3. The molecule has 3 fully saturated rings. The number of aliphatic hydroxyl groups is 2. The van der Waals surface area contributed by atoms with Gasteiger partial charge in [-0.25, -0.2) is 0 Å². The third-order valence-corrected chi connectivity index (χ3v) is 11.0. The number of nitrogens with zero attached hydrogens (tertiary/aromatic N) is 3. The molecule has 0 spiro atoms. The van der Waals surface area contributed by atoms with E-state index in [1.807, 2.05) is 13.0 Å². The van der Waals surface area contributed by atoms with Crippen LogP contribution >= 0.6 is 0 Å². The molecule has 0 aromatic heterocycles. The Morgan fingerprint density at radius 2 is 1.62 bits per heavy atom. The molecule has 2 aromatic carbocycles. The monoisotopic (exact) mass is 734 g/mol. The van der Waals surface area contributed by atoms with Crippen molar-refractivity contribution in [3.05, 3.63) is 35.4 Å². The van der Waals surface area contributed by atoms with Gasteiger partial charge in [-0.2, -0.15) is 5.11 Å². The Bertz CT molecular complexity index is 1840. The number of hydrogen-bond acceptors (Lipinski definition) is 14. The van der Waals surface area contributed by atoms with E-state index < -0.39 is 82.5 Å². The zero-order valence-electron chi connectivity index (χ0n) is 30.1. The maximum Gasteiger partial charge on any atom is 0.235 e. The molecular formula is C38H46N4O11. The minimum absolute atomic E-state index is 0.160. The molecule has 4 aliphatic rings. The molecule has 1 amide bonds. The number of phenols is 1. The van der Waals surface area contributed by atoms with Gasteiger partial charge in [0.1, 0.15) is 22.9 Å². The predicted molar refractivity (Wildman–Crippen MR) is 189 cm³/mol. The summed E-state index contributed by atoms with van der Waals surface area (Å²) in [5, 5.41) is 43.3. The summed E-state index contributed by atoms with van der Waals surface area (Å²) in [6.07, 6.45) is 1.07. The average molecular weight is 735 g/mol. The van der Waals surface area contributed by atoms with Crippen LogP contribution in [-0.4, -0.2) is 95.6 Å². The molecule has 7 atom stereocenters. The van der Waals surface area contributed by atoms with Gasteiger partial charge in [0.25, 0.3) is 0 Å². The second-order valence-corrected chi connectivity index (χ2v) is 14.2. The molecule has 5 N–H and O–H groups in total. The lowest BCUT2D eigenvalue weighted by molar-refractivity contribution is -0.189. The molecule has 1 heterocycles. The van der Waals surface area contributed by atoms with Crippen molar-refractivity contribution in [2.24, 2.45) is 39.6 Å². The molecule has 1 aliphatic heterocycles. The standard InChI is InChI=1S/C38H46N4O11/c1-4-6-12-52-26-18-23(42-10-14-51-15-11-42)27(53-13-7-5-2)17-22(26)41-40-21-8-9-24(43)30-28(21)19(3)29-32(34(30)46)36(48)38(50)20(33(29)45)16-25(44)31(35(38)47)37(39)49/h8-9,17-20,29,31-33,43,45,50H,4-7,10-16H2,1-3H3,(H2,39,49)/t19?,20-,29-,31?,32?,33-,38-/m1/s1. The van der Waals surface area contributed by atoms with E-state index in [1.54, 1.807) is 13.0 Å². The van der Waals surface area contributed by atoms with Crippen LogP contribution < -0.4 is 20.1 Å². The van der Waals surface area contributed by atoms with Crippen molar-refractivity contribution in [3.63, 3.8) is 0 Å². The van der Waals surface area contributed by atoms with E-state index in [4.69, 9.17) is 19.9 Å². The molecule has 15 nitrogen and oxygen atoms in total. The van der Waals surface area contributed by atoms with E-state index in [0.717, 1.165) is 31.4 Å². The van der Waals surface area contributed by atoms with E-state index in [9.17, 15) is 39.3 Å². The summed E-state index contributed by atoms with van der Waals surface area (Å²) in [5.41, 5.74) is 3.53. The maximum absolute atomic E-state index is 14.2. The Labute approximate surface area is 306 Å². The van der Waals surface area contributed by atoms with Crippen LogP contribution in [0, 0.1) is 23.7 Å². The summed E-state index contributed by atoms with van der Waals surface area (Å²) < 4.78 is 18.0. The third kappa shape index (κ3) is 6.59. The van der Waals surface area contributed by atoms with Crippen molar-refractivity contribution in [2.45, 2.75) is 70.5 Å². The lowest BCUT2D eigenvalue weighted by Crippen LogP contribution is -2.72. The summed E-state index contributed by atoms with van der Waals surface area (Å²) in [7, 11) is 0. The van der Waals surface area contributed by atoms with Gasteiger partial charge in [-0.3, -0.25) is 24.0 Å². The van der Waals surface area contributed by atoms with Crippen LogP contribution in [-0.2, 0) is 23.9 Å². The lowest BCUT2D eigenvalue weighted by atomic mass is 9.50. The van der Waals surface area contributed by atoms with Crippen LogP contribution in [0.1, 0.15) is 74.7 Å². The molecule has 6 rings (SSSR count). The molecule has 3 aliphatic carbocycles. The van der Waals surface area contributed by atoms with Crippen molar-refractivity contribution in [1.82, 2.24) is 0 Å². The molecule has 3 unspecified atom stereocenters. The molecule has 2 saturated carbocycles. The van der Waals surface area contributed by atoms with Crippen LogP contribution in [0.5, 0.6) is 17.2 Å². The Kier molecular flexibility index (Phi) is 11.0. The molecule has 53 heavy (non-hydrogen) atoms. The van der Waals surface area contributed by atoms with Crippen molar-refractivity contribution in [1.29, 1.82) is 0 Å². The number of phenolic OH excluding ortho intramolecular Hbond substituents is 1. The topological polar surface area (TPSA) is 228 Å². The third-order valence-electron chi connectivity index (χ3n) is 11.0. The van der Waals surface area contributed by atoms with Gasteiger partial charge in [0.05, 0.1) is 55.4 Å². The number of ether oxygens (including phenoxy) is 3. The number of fused-ring (bicyclic) bond motifs is 3. The van der Waals surface area contributed by atoms with Gasteiger partial charge in [-0.1, -0.05) is 33.6 Å². The van der Waals surface area contributed by atoms with Crippen molar-refractivity contribution in [2.75, 3.05) is 44.4 Å². The van der Waals surface area contributed by atoms with E-state index in [-0.39, 0.29) is 16.8 Å². The van der Waals surface area contributed by atoms with E-state index in [0.29, 0.717) is 56.7 Å².